The second kappa shape index (κ2) is 11.8. The smallest absolute Gasteiger partial charge is 0.459 e. The maximum absolute atomic E-state index is 14.3. The van der Waals surface area contributed by atoms with Gasteiger partial charge in [0, 0.05) is 11.3 Å². The zero-order valence-corrected chi connectivity index (χ0v) is 25.5. The molecule has 0 bridgehead atoms. The highest BCUT2D eigenvalue weighted by Crippen LogP contribution is 2.47. The topological polar surface area (TPSA) is 173 Å². The Kier molecular flexibility index (Phi) is 8.33. The normalized spacial score (nSPS) is 19.0. The van der Waals surface area contributed by atoms with E-state index in [0.717, 1.165) is 10.8 Å². The fourth-order valence-corrected chi connectivity index (χ4v) is 5.93. The van der Waals surface area contributed by atoms with Gasteiger partial charge in [0.25, 0.3) is 5.56 Å². The summed E-state index contributed by atoms with van der Waals surface area (Å²) < 4.78 is 39.3. The average molecular weight is 611 g/mol. The van der Waals surface area contributed by atoms with Crippen LogP contribution in [0.5, 0.6) is 5.75 Å². The molecule has 4 N–H and O–H groups in total. The minimum absolute atomic E-state index is 0.0569. The number of carbonyl (C=O) groups is 1. The van der Waals surface area contributed by atoms with Gasteiger partial charge >= 0.3 is 13.7 Å². The van der Waals surface area contributed by atoms with E-state index in [1.807, 2.05) is 64.1 Å². The van der Waals surface area contributed by atoms with Crippen molar-refractivity contribution in [1.82, 2.24) is 24.6 Å². The standard InChI is InChI=1S/C29H35N6O7P/c1-17-13-23(35-16-31-24-25(35)32-28(30)33-26(24)36)41-22(17)14-40-43(38,34-18(2)27(37)39-15-29(3,4)5)42-21-12-8-10-19-9-6-7-11-20(19)21/h6-13,16-18,22H,14-15H2,1-5H3,(H,34,38)(H3,30,32,33,36)/t17?,18-,22+,43?/m0/s1. The molecule has 13 nitrogen and oxygen atoms in total. The van der Waals surface area contributed by atoms with Crippen LogP contribution in [0.15, 0.2) is 59.7 Å². The van der Waals surface area contributed by atoms with Crippen molar-refractivity contribution >= 4 is 47.5 Å². The van der Waals surface area contributed by atoms with E-state index in [1.54, 1.807) is 12.1 Å². The second-order valence-electron chi connectivity index (χ2n) is 11.6. The highest BCUT2D eigenvalue weighted by atomic mass is 31.2. The van der Waals surface area contributed by atoms with Crippen LogP contribution < -0.4 is 20.9 Å². The van der Waals surface area contributed by atoms with Crippen molar-refractivity contribution in [2.24, 2.45) is 11.3 Å². The zero-order chi connectivity index (χ0) is 30.9. The van der Waals surface area contributed by atoms with Gasteiger partial charge in [-0.25, -0.2) is 9.55 Å². The number of fused-ring (bicyclic) bond motifs is 2. The third-order valence-electron chi connectivity index (χ3n) is 6.66. The van der Waals surface area contributed by atoms with Crippen LogP contribution >= 0.6 is 7.75 Å². The zero-order valence-electron chi connectivity index (χ0n) is 24.6. The fourth-order valence-electron chi connectivity index (χ4n) is 4.41. The first-order valence-corrected chi connectivity index (χ1v) is 15.3. The van der Waals surface area contributed by atoms with E-state index < -0.39 is 31.4 Å². The molecule has 0 saturated heterocycles. The Morgan fingerprint density at radius 2 is 1.98 bits per heavy atom. The molecule has 14 heteroatoms. The molecular weight excluding hydrogens is 575 g/mol. The maximum atomic E-state index is 14.3. The molecule has 0 saturated carbocycles. The number of nitrogen functional groups attached to an aromatic ring is 1. The van der Waals surface area contributed by atoms with Crippen LogP contribution in [0.1, 0.15) is 34.6 Å². The fraction of sp³-hybridized carbons (Fsp3) is 0.379. The Morgan fingerprint density at radius 1 is 1.23 bits per heavy atom. The summed E-state index contributed by atoms with van der Waals surface area (Å²) in [5.41, 5.74) is 5.35. The predicted octanol–water partition coefficient (Wildman–Crippen LogP) is 4.46. The third-order valence-corrected chi connectivity index (χ3v) is 8.29. The predicted molar refractivity (Wildman–Crippen MR) is 162 cm³/mol. The van der Waals surface area contributed by atoms with Gasteiger partial charge in [0.05, 0.1) is 13.2 Å². The molecule has 2 aromatic heterocycles. The van der Waals surface area contributed by atoms with Gasteiger partial charge in [0.15, 0.2) is 17.0 Å². The maximum Gasteiger partial charge on any atom is 0.459 e. The Morgan fingerprint density at radius 3 is 2.74 bits per heavy atom. The first kappa shape index (κ1) is 30.3. The molecule has 0 amide bonds. The molecule has 5 rings (SSSR count). The number of aromatic amines is 1. The molecule has 4 atom stereocenters. The van der Waals surface area contributed by atoms with Crippen molar-refractivity contribution in [2.45, 2.75) is 46.8 Å². The van der Waals surface area contributed by atoms with Gasteiger partial charge < -0.3 is 19.7 Å². The van der Waals surface area contributed by atoms with Crippen molar-refractivity contribution in [3.05, 3.63) is 65.2 Å². The van der Waals surface area contributed by atoms with E-state index in [1.165, 1.54) is 17.8 Å². The van der Waals surface area contributed by atoms with Crippen molar-refractivity contribution < 1.29 is 27.9 Å². The number of carbonyl (C=O) groups excluding carboxylic acids is 1. The van der Waals surface area contributed by atoms with E-state index in [-0.39, 0.29) is 41.7 Å². The van der Waals surface area contributed by atoms with E-state index in [9.17, 15) is 14.2 Å². The number of anilines is 1. The molecule has 1 aliphatic rings. The number of aromatic nitrogens is 4. The number of esters is 1. The largest absolute Gasteiger partial charge is 0.472 e. The number of benzene rings is 2. The monoisotopic (exact) mass is 610 g/mol. The van der Waals surface area contributed by atoms with Gasteiger partial charge in [0.2, 0.25) is 5.95 Å². The lowest BCUT2D eigenvalue weighted by Gasteiger charge is -2.26. The lowest BCUT2D eigenvalue weighted by atomic mass is 9.99. The highest BCUT2D eigenvalue weighted by Gasteiger charge is 2.37. The van der Waals surface area contributed by atoms with Crippen molar-refractivity contribution in [2.75, 3.05) is 18.9 Å². The summed E-state index contributed by atoms with van der Waals surface area (Å²) in [4.78, 5) is 35.7. The van der Waals surface area contributed by atoms with E-state index >= 15 is 0 Å². The number of nitrogens with zero attached hydrogens (tertiary/aromatic N) is 3. The van der Waals surface area contributed by atoms with E-state index in [0.29, 0.717) is 11.6 Å². The third kappa shape index (κ3) is 6.90. The van der Waals surface area contributed by atoms with Gasteiger partial charge in [-0.1, -0.05) is 64.1 Å². The quantitative estimate of drug-likeness (QED) is 0.171. The number of H-pyrrole nitrogens is 1. The van der Waals surface area contributed by atoms with Crippen LogP contribution in [0.4, 0.5) is 5.95 Å². The lowest BCUT2D eigenvalue weighted by molar-refractivity contribution is -0.148. The molecule has 0 spiro atoms. The summed E-state index contributed by atoms with van der Waals surface area (Å²) in [7, 11) is -4.18. The van der Waals surface area contributed by atoms with Gasteiger partial charge in [0.1, 0.15) is 24.2 Å². The van der Waals surface area contributed by atoms with Crippen LogP contribution in [0.2, 0.25) is 0 Å². The minimum Gasteiger partial charge on any atom is -0.472 e. The summed E-state index contributed by atoms with van der Waals surface area (Å²) in [6, 6.07) is 11.8. The molecule has 1 aliphatic heterocycles. The summed E-state index contributed by atoms with van der Waals surface area (Å²) in [5.74, 6) is -0.172. The van der Waals surface area contributed by atoms with Crippen LogP contribution in [-0.4, -0.2) is 50.8 Å². The van der Waals surface area contributed by atoms with Crippen LogP contribution in [0.3, 0.4) is 0 Å². The molecule has 3 heterocycles. The number of rotatable bonds is 10. The summed E-state index contributed by atoms with van der Waals surface area (Å²) in [6.45, 7) is 9.27. The Bertz CT molecular complexity index is 1790. The van der Waals surface area contributed by atoms with Crippen LogP contribution in [0.25, 0.3) is 27.8 Å². The lowest BCUT2D eigenvalue weighted by Crippen LogP contribution is -2.37. The molecule has 4 aromatic rings. The number of hydrogen-bond donors (Lipinski definition) is 3. The molecule has 0 aliphatic carbocycles. The molecule has 0 radical (unpaired) electrons. The van der Waals surface area contributed by atoms with Crippen molar-refractivity contribution in [1.29, 1.82) is 0 Å². The van der Waals surface area contributed by atoms with E-state index in [2.05, 4.69) is 20.0 Å². The molecule has 2 aromatic carbocycles. The Labute approximate surface area is 248 Å². The van der Waals surface area contributed by atoms with Crippen molar-refractivity contribution in [3.8, 4) is 5.75 Å². The number of imidazole rings is 1. The number of hydrogen-bond acceptors (Lipinski definition) is 10. The van der Waals surface area contributed by atoms with Gasteiger partial charge in [-0.2, -0.15) is 10.1 Å². The molecule has 228 valence electrons. The number of nitrogens with one attached hydrogen (secondary N) is 2. The first-order valence-electron chi connectivity index (χ1n) is 13.8. The second-order valence-corrected chi connectivity index (χ2v) is 13.3. The van der Waals surface area contributed by atoms with Crippen LogP contribution in [-0.2, 0) is 23.4 Å². The number of ether oxygens (including phenoxy) is 2. The van der Waals surface area contributed by atoms with Gasteiger partial charge in [-0.3, -0.25) is 23.7 Å². The Hall–Kier alpha value is -4.19. The SMILES string of the molecule is CC1C=C(n2cnc3c(=O)[nH]c(N)nc32)O[C@@H]1COP(=O)(N[C@@H](C)C(=O)OCC(C)(C)C)Oc1cccc2ccccc12. The molecule has 0 fully saturated rings. The first-order chi connectivity index (χ1) is 20.3. The number of nitrogens with two attached hydrogens (primary N) is 1. The molecule has 2 unspecified atom stereocenters. The summed E-state index contributed by atoms with van der Waals surface area (Å²) in [5, 5.41) is 4.35. The van der Waals surface area contributed by atoms with Gasteiger partial charge in [-0.05, 0) is 29.9 Å². The average Bonchev–Trinajstić information content (AvgIpc) is 3.53. The molecule has 43 heavy (non-hydrogen) atoms. The summed E-state index contributed by atoms with van der Waals surface area (Å²) >= 11 is 0. The molecular formula is C29H35N6O7P. The van der Waals surface area contributed by atoms with Crippen LogP contribution in [0, 0.1) is 11.3 Å². The van der Waals surface area contributed by atoms with E-state index in [4.69, 9.17) is 24.3 Å². The highest BCUT2D eigenvalue weighted by molar-refractivity contribution is 7.52. The minimum atomic E-state index is -4.18. The Balaban J connectivity index is 1.35. The van der Waals surface area contributed by atoms with Gasteiger partial charge in [-0.15, -0.1) is 0 Å². The van der Waals surface area contributed by atoms with Crippen molar-refractivity contribution in [3.63, 3.8) is 0 Å². The summed E-state index contributed by atoms with van der Waals surface area (Å²) in [6.07, 6.45) is 2.63.